The largest absolute Gasteiger partial charge is 0.379 e. The van der Waals surface area contributed by atoms with E-state index in [0.717, 1.165) is 52.6 Å². The van der Waals surface area contributed by atoms with Crippen LogP contribution in [0.4, 0.5) is 0 Å². The molecule has 0 aromatic heterocycles. The highest BCUT2D eigenvalue weighted by Gasteiger charge is 2.21. The first-order chi connectivity index (χ1) is 6.88. The van der Waals surface area contributed by atoms with Crippen LogP contribution in [0.15, 0.2) is 0 Å². The van der Waals surface area contributed by atoms with Crippen LogP contribution in [0.5, 0.6) is 0 Å². The van der Waals surface area contributed by atoms with Gasteiger partial charge in [-0.15, -0.1) is 0 Å². The van der Waals surface area contributed by atoms with Crippen LogP contribution >= 0.6 is 0 Å². The Morgan fingerprint density at radius 2 is 1.14 bits per heavy atom. The maximum absolute atomic E-state index is 8.13. The lowest BCUT2D eigenvalue weighted by Gasteiger charge is -2.35. The Morgan fingerprint density at radius 1 is 0.786 bits per heavy atom. The number of nitrogens with zero attached hydrogens (tertiary/aromatic N) is 2. The molecule has 0 aliphatic carbocycles. The van der Waals surface area contributed by atoms with E-state index >= 15 is 0 Å². The van der Waals surface area contributed by atoms with E-state index < -0.39 is 11.1 Å². The molecule has 82 valence electrons. The molecule has 0 amide bonds. The molecule has 0 atom stereocenters. The van der Waals surface area contributed by atoms with Crippen molar-refractivity contribution in [3.8, 4) is 0 Å². The van der Waals surface area contributed by atoms with Crippen molar-refractivity contribution in [1.29, 1.82) is 4.78 Å². The van der Waals surface area contributed by atoms with Gasteiger partial charge in [-0.1, -0.05) is 0 Å². The van der Waals surface area contributed by atoms with Gasteiger partial charge in [0, 0.05) is 37.2 Å². The number of hydrogen-bond donors (Lipinski definition) is 1. The third-order valence-corrected chi connectivity index (χ3v) is 4.14. The minimum Gasteiger partial charge on any atom is -0.379 e. The number of nitrogens with one attached hydrogen (secondary N) is 1. The van der Waals surface area contributed by atoms with Crippen molar-refractivity contribution in [3.05, 3.63) is 0 Å². The van der Waals surface area contributed by atoms with Crippen molar-refractivity contribution in [2.75, 3.05) is 52.6 Å². The summed E-state index contributed by atoms with van der Waals surface area (Å²) in [5.74, 6) is 0. The van der Waals surface area contributed by atoms with E-state index in [1.807, 2.05) is 0 Å². The average molecular weight is 219 g/mol. The van der Waals surface area contributed by atoms with Crippen molar-refractivity contribution in [2.45, 2.75) is 0 Å². The number of ether oxygens (including phenoxy) is 2. The van der Waals surface area contributed by atoms with Gasteiger partial charge in [0.15, 0.2) is 0 Å². The lowest BCUT2D eigenvalue weighted by molar-refractivity contribution is 0.0617. The highest BCUT2D eigenvalue weighted by atomic mass is 32.2. The Kier molecular flexibility index (Phi) is 3.89. The molecule has 2 aliphatic heterocycles. The molecule has 0 radical (unpaired) electrons. The predicted molar refractivity (Wildman–Crippen MR) is 54.9 cm³/mol. The molecule has 2 fully saturated rings. The van der Waals surface area contributed by atoms with E-state index in [0.29, 0.717) is 0 Å². The van der Waals surface area contributed by atoms with Gasteiger partial charge < -0.3 is 9.47 Å². The highest BCUT2D eigenvalue weighted by molar-refractivity contribution is 7.81. The third kappa shape index (κ3) is 2.52. The van der Waals surface area contributed by atoms with Gasteiger partial charge in [0.05, 0.1) is 26.4 Å². The maximum Gasteiger partial charge on any atom is 0.0604 e. The topological polar surface area (TPSA) is 48.8 Å². The molecule has 2 heterocycles. The molecule has 6 heteroatoms. The first kappa shape index (κ1) is 10.5. The second kappa shape index (κ2) is 5.18. The Bertz CT molecular complexity index is 183. The maximum atomic E-state index is 8.13. The second-order valence-corrected chi connectivity index (χ2v) is 4.91. The van der Waals surface area contributed by atoms with Gasteiger partial charge in [0.1, 0.15) is 0 Å². The summed E-state index contributed by atoms with van der Waals surface area (Å²) in [7, 11) is 0. The second-order valence-electron chi connectivity index (χ2n) is 3.35. The van der Waals surface area contributed by atoms with Crippen LogP contribution < -0.4 is 0 Å². The fourth-order valence-electron chi connectivity index (χ4n) is 1.60. The zero-order chi connectivity index (χ0) is 9.80. The van der Waals surface area contributed by atoms with Gasteiger partial charge in [-0.2, -0.15) is 0 Å². The van der Waals surface area contributed by atoms with Crippen LogP contribution in [-0.4, -0.2) is 61.2 Å². The molecule has 2 aliphatic rings. The fourth-order valence-corrected chi connectivity index (χ4v) is 2.92. The molecular formula is C8H17N3O2S. The van der Waals surface area contributed by atoms with Crippen LogP contribution in [0, 0.1) is 4.78 Å². The molecule has 0 aromatic carbocycles. The monoisotopic (exact) mass is 219 g/mol. The summed E-state index contributed by atoms with van der Waals surface area (Å²) in [5, 5.41) is 0. The molecule has 0 bridgehead atoms. The van der Waals surface area contributed by atoms with Crippen LogP contribution in [0.25, 0.3) is 0 Å². The minimum absolute atomic E-state index is 0.486. The zero-order valence-electron chi connectivity index (χ0n) is 8.28. The molecule has 5 nitrogen and oxygen atoms in total. The molecule has 14 heavy (non-hydrogen) atoms. The third-order valence-electron chi connectivity index (χ3n) is 2.43. The number of hydrogen-bond acceptors (Lipinski definition) is 3. The summed E-state index contributed by atoms with van der Waals surface area (Å²) in [6, 6.07) is 0. The molecule has 0 spiro atoms. The Morgan fingerprint density at radius 3 is 1.50 bits per heavy atom. The van der Waals surface area contributed by atoms with Gasteiger partial charge in [-0.05, 0) is 0 Å². The SMILES string of the molecule is N=S(N1CCOCC1)N1CCOCC1. The molecule has 2 saturated heterocycles. The molecule has 0 unspecified atom stereocenters. The van der Waals surface area contributed by atoms with Gasteiger partial charge in [0.2, 0.25) is 0 Å². The van der Waals surface area contributed by atoms with Gasteiger partial charge in [-0.3, -0.25) is 4.78 Å². The van der Waals surface area contributed by atoms with Crippen molar-refractivity contribution >= 4 is 11.1 Å². The first-order valence-electron chi connectivity index (χ1n) is 4.99. The van der Waals surface area contributed by atoms with Crippen LogP contribution in [-0.2, 0) is 20.5 Å². The van der Waals surface area contributed by atoms with Crippen LogP contribution in [0.2, 0.25) is 0 Å². The molecule has 2 rings (SSSR count). The lowest BCUT2D eigenvalue weighted by atomic mass is 10.5. The van der Waals surface area contributed by atoms with Gasteiger partial charge in [0.25, 0.3) is 0 Å². The summed E-state index contributed by atoms with van der Waals surface area (Å²) < 4.78 is 23.1. The van der Waals surface area contributed by atoms with Crippen molar-refractivity contribution in [3.63, 3.8) is 0 Å². The highest BCUT2D eigenvalue weighted by Crippen LogP contribution is 2.09. The number of rotatable bonds is 2. The van der Waals surface area contributed by atoms with E-state index in [4.69, 9.17) is 14.3 Å². The molecular weight excluding hydrogens is 202 g/mol. The first-order valence-corrected chi connectivity index (χ1v) is 6.13. The minimum atomic E-state index is -0.486. The Labute approximate surface area is 87.1 Å². The van der Waals surface area contributed by atoms with E-state index in [9.17, 15) is 0 Å². The van der Waals surface area contributed by atoms with Gasteiger partial charge >= 0.3 is 0 Å². The van der Waals surface area contributed by atoms with Crippen LogP contribution in [0.1, 0.15) is 0 Å². The van der Waals surface area contributed by atoms with Crippen molar-refractivity contribution in [1.82, 2.24) is 8.61 Å². The summed E-state index contributed by atoms with van der Waals surface area (Å²) in [6.45, 7) is 6.65. The molecule has 0 aromatic rings. The van der Waals surface area contributed by atoms with Crippen molar-refractivity contribution < 1.29 is 9.47 Å². The van der Waals surface area contributed by atoms with E-state index in [-0.39, 0.29) is 0 Å². The quantitative estimate of drug-likeness (QED) is 0.702. The fraction of sp³-hybridized carbons (Fsp3) is 1.00. The van der Waals surface area contributed by atoms with E-state index in [2.05, 4.69) is 8.61 Å². The van der Waals surface area contributed by atoms with E-state index in [1.165, 1.54) is 0 Å². The average Bonchev–Trinajstić information content (AvgIpc) is 2.30. The summed E-state index contributed by atoms with van der Waals surface area (Å²) in [4.78, 5) is 0. The Hall–Kier alpha value is -0.0100. The summed E-state index contributed by atoms with van der Waals surface area (Å²) in [5.41, 5.74) is 0. The summed E-state index contributed by atoms with van der Waals surface area (Å²) in [6.07, 6.45) is 0. The standard InChI is InChI=1S/C8H17N3O2S/c9-14(10-1-5-12-6-2-10)11-3-7-13-8-4-11/h9H,1-8H2. The summed E-state index contributed by atoms with van der Waals surface area (Å²) >= 11 is -0.486. The van der Waals surface area contributed by atoms with Crippen molar-refractivity contribution in [2.24, 2.45) is 0 Å². The van der Waals surface area contributed by atoms with Gasteiger partial charge in [-0.25, -0.2) is 8.61 Å². The number of morpholine rings is 2. The zero-order valence-corrected chi connectivity index (χ0v) is 9.09. The van der Waals surface area contributed by atoms with E-state index in [1.54, 1.807) is 0 Å². The molecule has 0 saturated carbocycles. The van der Waals surface area contributed by atoms with Crippen LogP contribution in [0.3, 0.4) is 0 Å². The normalized spacial score (nSPS) is 26.9. The smallest absolute Gasteiger partial charge is 0.0604 e. The molecule has 1 N–H and O–H groups in total. The lowest BCUT2D eigenvalue weighted by Crippen LogP contribution is -2.47. The predicted octanol–water partition coefficient (Wildman–Crippen LogP) is -0.139. The Balaban J connectivity index is 1.85.